The van der Waals surface area contributed by atoms with Crippen LogP contribution in [0.4, 0.5) is 5.82 Å². The van der Waals surface area contributed by atoms with Crippen LogP contribution in [-0.4, -0.2) is 32.1 Å². The molecule has 1 aromatic carbocycles. The van der Waals surface area contributed by atoms with Crippen molar-refractivity contribution in [2.75, 3.05) is 5.32 Å². The summed E-state index contributed by atoms with van der Waals surface area (Å²) in [6.45, 7) is 0. The fourth-order valence-electron chi connectivity index (χ4n) is 1.42. The van der Waals surface area contributed by atoms with Crippen LogP contribution < -0.4 is 5.32 Å². The van der Waals surface area contributed by atoms with E-state index in [1.807, 2.05) is 0 Å². The number of nitrogens with zero attached hydrogens (tertiary/aromatic N) is 2. The molecule has 0 atom stereocenters. The Morgan fingerprint density at radius 1 is 1.20 bits per heavy atom. The van der Waals surface area contributed by atoms with Gasteiger partial charge in [-0.05, 0) is 34.1 Å². The quantitative estimate of drug-likeness (QED) is 0.788. The molecule has 0 aliphatic heterocycles. The molecule has 7 nitrogen and oxygen atoms in total. The van der Waals surface area contributed by atoms with Crippen LogP contribution in [0.15, 0.2) is 35.1 Å². The van der Waals surface area contributed by atoms with E-state index in [9.17, 15) is 14.7 Å². The molecule has 1 amide bonds. The van der Waals surface area contributed by atoms with Crippen molar-refractivity contribution in [3.05, 3.63) is 46.3 Å². The van der Waals surface area contributed by atoms with Gasteiger partial charge < -0.3 is 15.5 Å². The highest BCUT2D eigenvalue weighted by atomic mass is 79.9. The van der Waals surface area contributed by atoms with Gasteiger partial charge >= 0.3 is 5.97 Å². The summed E-state index contributed by atoms with van der Waals surface area (Å²) in [5, 5.41) is 20.8. The molecule has 0 saturated carbocycles. The van der Waals surface area contributed by atoms with Crippen molar-refractivity contribution in [3.8, 4) is 5.75 Å². The normalized spacial score (nSPS) is 10.1. The molecular formula is C12H8BrN3O4. The van der Waals surface area contributed by atoms with Gasteiger partial charge in [-0.1, -0.05) is 0 Å². The number of phenolic OH excluding ortho intramolecular Hbond substituents is 1. The molecule has 0 saturated heterocycles. The van der Waals surface area contributed by atoms with E-state index in [1.165, 1.54) is 30.6 Å². The van der Waals surface area contributed by atoms with E-state index in [0.717, 1.165) is 0 Å². The van der Waals surface area contributed by atoms with Gasteiger partial charge in [0.2, 0.25) is 0 Å². The zero-order valence-electron chi connectivity index (χ0n) is 9.87. The van der Waals surface area contributed by atoms with Crippen molar-refractivity contribution >= 4 is 33.6 Å². The maximum Gasteiger partial charge on any atom is 0.358 e. The number of aromatic nitrogens is 2. The Morgan fingerprint density at radius 3 is 2.55 bits per heavy atom. The van der Waals surface area contributed by atoms with Crippen molar-refractivity contribution < 1.29 is 19.8 Å². The summed E-state index contributed by atoms with van der Waals surface area (Å²) in [6, 6.07) is 4.21. The molecule has 0 aliphatic carbocycles. The highest BCUT2D eigenvalue weighted by Gasteiger charge is 2.16. The Bertz CT molecular complexity index is 690. The lowest BCUT2D eigenvalue weighted by atomic mass is 10.2. The largest absolute Gasteiger partial charge is 0.507 e. The fraction of sp³-hybridized carbons (Fsp3) is 0. The van der Waals surface area contributed by atoms with Crippen molar-refractivity contribution in [1.82, 2.24) is 9.97 Å². The average Bonchev–Trinajstić information content (AvgIpc) is 2.42. The molecule has 0 unspecified atom stereocenters. The first-order valence-corrected chi connectivity index (χ1v) is 6.12. The molecule has 20 heavy (non-hydrogen) atoms. The zero-order chi connectivity index (χ0) is 14.7. The van der Waals surface area contributed by atoms with E-state index in [-0.39, 0.29) is 22.8 Å². The van der Waals surface area contributed by atoms with Gasteiger partial charge in [0.15, 0.2) is 11.5 Å². The molecule has 8 heteroatoms. The third kappa shape index (κ3) is 2.91. The molecule has 1 heterocycles. The number of carbonyl (C=O) groups excluding carboxylic acids is 1. The summed E-state index contributed by atoms with van der Waals surface area (Å²) in [4.78, 5) is 30.3. The monoisotopic (exact) mass is 337 g/mol. The van der Waals surface area contributed by atoms with Crippen LogP contribution >= 0.6 is 15.9 Å². The lowest BCUT2D eigenvalue weighted by Gasteiger charge is -2.07. The van der Waals surface area contributed by atoms with Crippen LogP contribution in [0.2, 0.25) is 0 Å². The van der Waals surface area contributed by atoms with Crippen molar-refractivity contribution in [1.29, 1.82) is 0 Å². The van der Waals surface area contributed by atoms with E-state index in [2.05, 4.69) is 31.2 Å². The van der Waals surface area contributed by atoms with Gasteiger partial charge in [-0.2, -0.15) is 0 Å². The minimum atomic E-state index is -1.30. The van der Waals surface area contributed by atoms with Gasteiger partial charge in [-0.15, -0.1) is 0 Å². The number of nitrogens with one attached hydrogen (secondary N) is 1. The summed E-state index contributed by atoms with van der Waals surface area (Å²) in [5.41, 5.74) is -0.199. The number of amides is 1. The predicted molar refractivity (Wildman–Crippen MR) is 72.8 cm³/mol. The number of benzene rings is 1. The van der Waals surface area contributed by atoms with Gasteiger partial charge in [-0.25, -0.2) is 14.8 Å². The molecule has 0 spiro atoms. The average molecular weight is 338 g/mol. The molecular weight excluding hydrogens is 330 g/mol. The molecule has 0 bridgehead atoms. The Morgan fingerprint density at radius 2 is 1.90 bits per heavy atom. The first kappa shape index (κ1) is 13.9. The van der Waals surface area contributed by atoms with Gasteiger partial charge in [0.25, 0.3) is 5.91 Å². The van der Waals surface area contributed by atoms with Crippen LogP contribution in [0.3, 0.4) is 0 Å². The van der Waals surface area contributed by atoms with Crippen molar-refractivity contribution in [3.63, 3.8) is 0 Å². The van der Waals surface area contributed by atoms with E-state index < -0.39 is 11.9 Å². The van der Waals surface area contributed by atoms with E-state index in [0.29, 0.717) is 4.47 Å². The second-order valence-corrected chi connectivity index (χ2v) is 4.53. The Labute approximate surface area is 121 Å². The highest BCUT2D eigenvalue weighted by molar-refractivity contribution is 9.10. The number of carboxylic acids is 1. The number of aromatic hydroxyl groups is 1. The molecule has 2 rings (SSSR count). The van der Waals surface area contributed by atoms with E-state index in [1.54, 1.807) is 0 Å². The van der Waals surface area contributed by atoms with Crippen molar-refractivity contribution in [2.24, 2.45) is 0 Å². The van der Waals surface area contributed by atoms with Gasteiger partial charge in [0.05, 0.1) is 4.47 Å². The van der Waals surface area contributed by atoms with Crippen LogP contribution in [-0.2, 0) is 0 Å². The topological polar surface area (TPSA) is 112 Å². The van der Waals surface area contributed by atoms with Gasteiger partial charge in [0, 0.05) is 18.0 Å². The van der Waals surface area contributed by atoms with Gasteiger partial charge in [0.1, 0.15) is 5.75 Å². The third-order valence-electron chi connectivity index (χ3n) is 2.34. The van der Waals surface area contributed by atoms with E-state index >= 15 is 0 Å². The maximum atomic E-state index is 12.0. The molecule has 0 radical (unpaired) electrons. The minimum Gasteiger partial charge on any atom is -0.507 e. The number of aromatic carboxylic acids is 1. The Hall–Kier alpha value is -2.48. The minimum absolute atomic E-state index is 0.102. The summed E-state index contributed by atoms with van der Waals surface area (Å²) in [7, 11) is 0. The second kappa shape index (κ2) is 5.66. The maximum absolute atomic E-state index is 12.0. The summed E-state index contributed by atoms with van der Waals surface area (Å²) in [5.74, 6) is -2.16. The highest BCUT2D eigenvalue weighted by Crippen LogP contribution is 2.24. The Kier molecular flexibility index (Phi) is 3.94. The van der Waals surface area contributed by atoms with Crippen LogP contribution in [0.5, 0.6) is 5.75 Å². The fourth-order valence-corrected chi connectivity index (χ4v) is 1.67. The van der Waals surface area contributed by atoms with Crippen LogP contribution in [0.25, 0.3) is 0 Å². The lowest BCUT2D eigenvalue weighted by molar-refractivity contribution is 0.0691. The number of hydrogen-bond donors (Lipinski definition) is 3. The first-order chi connectivity index (χ1) is 9.49. The molecule has 102 valence electrons. The number of anilines is 1. The lowest BCUT2D eigenvalue weighted by Crippen LogP contribution is -2.17. The number of carbonyl (C=O) groups is 2. The molecule has 2 aromatic rings. The number of rotatable bonds is 3. The number of carboxylic acid groups (broad SMARTS) is 1. The number of hydrogen-bond acceptors (Lipinski definition) is 5. The van der Waals surface area contributed by atoms with Crippen molar-refractivity contribution in [2.45, 2.75) is 0 Å². The number of halogens is 1. The smallest absolute Gasteiger partial charge is 0.358 e. The first-order valence-electron chi connectivity index (χ1n) is 5.33. The third-order valence-corrected chi connectivity index (χ3v) is 3.01. The molecule has 3 N–H and O–H groups in total. The SMILES string of the molecule is O=C(Nc1nccnc1C(=O)O)c1ccc(Br)c(O)c1. The summed E-state index contributed by atoms with van der Waals surface area (Å²) < 4.78 is 0.444. The predicted octanol–water partition coefficient (Wildman–Crippen LogP) is 1.90. The summed E-state index contributed by atoms with van der Waals surface area (Å²) >= 11 is 3.09. The van der Waals surface area contributed by atoms with E-state index in [4.69, 9.17) is 5.11 Å². The number of phenols is 1. The second-order valence-electron chi connectivity index (χ2n) is 3.68. The summed E-state index contributed by atoms with van der Waals surface area (Å²) in [6.07, 6.45) is 2.48. The van der Waals surface area contributed by atoms with Gasteiger partial charge in [-0.3, -0.25) is 4.79 Å². The Balaban J connectivity index is 2.28. The van der Waals surface area contributed by atoms with Crippen LogP contribution in [0, 0.1) is 0 Å². The molecule has 0 fully saturated rings. The van der Waals surface area contributed by atoms with Crippen LogP contribution in [0.1, 0.15) is 20.8 Å². The zero-order valence-corrected chi connectivity index (χ0v) is 11.5. The standard InChI is InChI=1S/C12H8BrN3O4/c13-7-2-1-6(5-8(7)17)11(18)16-10-9(12(19)20)14-3-4-15-10/h1-5,17H,(H,19,20)(H,15,16,18). The molecule has 0 aliphatic rings. The molecule has 1 aromatic heterocycles.